The molecule has 2 aliphatic heterocycles. The number of halogens is 1. The molecule has 2 aliphatic rings. The third kappa shape index (κ3) is 7.89. The third-order valence-corrected chi connectivity index (χ3v) is 11.9. The van der Waals surface area contributed by atoms with Crippen LogP contribution >= 0.6 is 22.9 Å². The van der Waals surface area contributed by atoms with Crippen LogP contribution in [0.5, 0.6) is 5.75 Å². The number of benzene rings is 3. The van der Waals surface area contributed by atoms with Crippen LogP contribution in [0.4, 0.5) is 5.69 Å². The van der Waals surface area contributed by atoms with E-state index in [1.165, 1.54) is 4.88 Å². The lowest BCUT2D eigenvalue weighted by molar-refractivity contribution is -0.124. The fourth-order valence-electron chi connectivity index (χ4n) is 7.42. The van der Waals surface area contributed by atoms with E-state index in [1.54, 1.807) is 11.3 Å². The summed E-state index contributed by atoms with van der Waals surface area (Å²) in [6, 6.07) is 20.3. The predicted molar refractivity (Wildman–Crippen MR) is 217 cm³/mol. The number of aliphatic hydroxyl groups is 1. The number of carbonyl (C=O) groups is 2. The molecule has 7 rings (SSSR count). The molecule has 3 aromatic carbocycles. The first kappa shape index (κ1) is 38.2. The number of aliphatic imine (C=N–C) groups is 1. The van der Waals surface area contributed by atoms with E-state index in [-0.39, 0.29) is 42.8 Å². The number of likely N-dealkylation sites (N-methyl/N-ethyl adjacent to an activating group) is 1. The average molecular weight is 780 g/mol. The van der Waals surface area contributed by atoms with E-state index in [2.05, 4.69) is 34.7 Å². The van der Waals surface area contributed by atoms with Crippen molar-refractivity contribution in [3.05, 3.63) is 122 Å². The molecule has 0 bridgehead atoms. The van der Waals surface area contributed by atoms with Gasteiger partial charge in [-0.3, -0.25) is 19.1 Å². The number of hydrogen-bond acceptors (Lipinski definition) is 9. The van der Waals surface area contributed by atoms with Gasteiger partial charge in [0.1, 0.15) is 35.3 Å². The van der Waals surface area contributed by atoms with Gasteiger partial charge in [-0.15, -0.1) is 21.5 Å². The highest BCUT2D eigenvalue weighted by Gasteiger charge is 2.34. The standard InChI is InChI=1S/C42H46ClN7O4S/c1-23(2)39-41(53)45-32(21-51)17-30-13-16-33(18-35(30)49(39)6)54-22-28-9-7-27(8-10-28)20-44-36(52)19-34-40-48-47-26(5)50(40)42-37(24(3)25(4)55-42)38(46-34)29-11-14-31(43)15-12-29/h7-16,18,23,32,34,39,51H,17,19-22H2,1-6H3,(H,44,52)(H,45,53)/t32-,34?,39-/m0/s1. The molecule has 11 nitrogen and oxygen atoms in total. The largest absolute Gasteiger partial charge is 0.489 e. The molecule has 2 aromatic heterocycles. The zero-order valence-corrected chi connectivity index (χ0v) is 33.5. The van der Waals surface area contributed by atoms with Crippen molar-refractivity contribution < 1.29 is 19.4 Å². The molecular weight excluding hydrogens is 734 g/mol. The number of rotatable bonds is 10. The summed E-state index contributed by atoms with van der Waals surface area (Å²) in [4.78, 5) is 35.0. The molecule has 3 atom stereocenters. The lowest BCUT2D eigenvalue weighted by Crippen LogP contribution is -2.54. The average Bonchev–Trinajstić information content (AvgIpc) is 3.64. The van der Waals surface area contributed by atoms with E-state index in [0.717, 1.165) is 55.6 Å². The summed E-state index contributed by atoms with van der Waals surface area (Å²) in [7, 11) is 1.93. The summed E-state index contributed by atoms with van der Waals surface area (Å²) in [6.07, 6.45) is 0.632. The number of ether oxygens (including phenoxy) is 1. The molecule has 5 aromatic rings. The fraction of sp³-hybridized carbons (Fsp3) is 0.357. The molecule has 4 heterocycles. The summed E-state index contributed by atoms with van der Waals surface area (Å²) in [5.41, 5.74) is 7.79. The quantitative estimate of drug-likeness (QED) is 0.146. The number of thiophene rings is 1. The lowest BCUT2D eigenvalue weighted by Gasteiger charge is -2.37. The zero-order valence-electron chi connectivity index (χ0n) is 31.9. The maximum Gasteiger partial charge on any atom is 0.243 e. The molecule has 0 saturated heterocycles. The van der Waals surface area contributed by atoms with Crippen LogP contribution in [0.2, 0.25) is 5.02 Å². The second-order valence-electron chi connectivity index (χ2n) is 14.7. The summed E-state index contributed by atoms with van der Waals surface area (Å²) >= 11 is 7.93. The number of fused-ring (bicyclic) bond motifs is 4. The molecule has 1 unspecified atom stereocenters. The molecule has 55 heavy (non-hydrogen) atoms. The molecule has 0 saturated carbocycles. The van der Waals surface area contributed by atoms with Crippen molar-refractivity contribution >= 4 is 46.2 Å². The van der Waals surface area contributed by atoms with Crippen LogP contribution in [0.25, 0.3) is 5.00 Å². The number of hydrogen-bond donors (Lipinski definition) is 3. The van der Waals surface area contributed by atoms with Crippen molar-refractivity contribution in [1.29, 1.82) is 0 Å². The normalized spacial score (nSPS) is 18.0. The van der Waals surface area contributed by atoms with Crippen molar-refractivity contribution in [3.63, 3.8) is 0 Å². The number of aliphatic hydroxyl groups excluding tert-OH is 1. The monoisotopic (exact) mass is 779 g/mol. The van der Waals surface area contributed by atoms with Gasteiger partial charge in [-0.1, -0.05) is 67.9 Å². The Labute approximate surface area is 330 Å². The Hall–Kier alpha value is -5.04. The Morgan fingerprint density at radius 2 is 1.78 bits per heavy atom. The van der Waals surface area contributed by atoms with Crippen LogP contribution in [0, 0.1) is 26.7 Å². The third-order valence-electron chi connectivity index (χ3n) is 10.4. The maximum absolute atomic E-state index is 13.5. The van der Waals surface area contributed by atoms with Gasteiger partial charge in [0, 0.05) is 46.4 Å². The van der Waals surface area contributed by atoms with Crippen LogP contribution in [0.15, 0.2) is 71.7 Å². The smallest absolute Gasteiger partial charge is 0.243 e. The second-order valence-corrected chi connectivity index (χ2v) is 16.3. The van der Waals surface area contributed by atoms with E-state index in [4.69, 9.17) is 21.3 Å². The number of amides is 2. The van der Waals surface area contributed by atoms with Crippen LogP contribution in [-0.2, 0) is 29.2 Å². The molecule has 3 N–H and O–H groups in total. The van der Waals surface area contributed by atoms with E-state index < -0.39 is 6.04 Å². The molecule has 0 radical (unpaired) electrons. The van der Waals surface area contributed by atoms with Crippen LogP contribution in [0.3, 0.4) is 0 Å². The number of anilines is 1. The molecular formula is C42H46ClN7O4S. The van der Waals surface area contributed by atoms with Gasteiger partial charge in [0.15, 0.2) is 5.82 Å². The number of aryl methyl sites for hydroxylation is 2. The van der Waals surface area contributed by atoms with Crippen molar-refractivity contribution in [3.8, 4) is 10.8 Å². The Bertz CT molecular complexity index is 2250. The minimum atomic E-state index is -0.549. The Morgan fingerprint density at radius 1 is 1.05 bits per heavy atom. The van der Waals surface area contributed by atoms with E-state index in [1.807, 2.05) is 104 Å². The van der Waals surface area contributed by atoms with Gasteiger partial charge in [0.05, 0.1) is 24.8 Å². The van der Waals surface area contributed by atoms with Crippen LogP contribution < -0.4 is 20.3 Å². The second kappa shape index (κ2) is 16.0. The molecule has 0 aliphatic carbocycles. The van der Waals surface area contributed by atoms with Crippen molar-refractivity contribution in [2.45, 2.75) is 78.7 Å². The Kier molecular flexibility index (Phi) is 11.1. The van der Waals surface area contributed by atoms with Crippen molar-refractivity contribution in [2.75, 3.05) is 18.6 Å². The fourth-order valence-corrected chi connectivity index (χ4v) is 8.76. The summed E-state index contributed by atoms with van der Waals surface area (Å²) in [5.74, 6) is 1.91. The summed E-state index contributed by atoms with van der Waals surface area (Å²) in [6.45, 7) is 10.8. The Balaban J connectivity index is 1.02. The van der Waals surface area contributed by atoms with Gasteiger partial charge >= 0.3 is 0 Å². The van der Waals surface area contributed by atoms with Crippen molar-refractivity contribution in [1.82, 2.24) is 25.4 Å². The summed E-state index contributed by atoms with van der Waals surface area (Å²) in [5, 5.41) is 26.5. The van der Waals surface area contributed by atoms with Gasteiger partial charge < -0.3 is 25.4 Å². The number of carbonyl (C=O) groups excluding carboxylic acids is 2. The first-order valence-electron chi connectivity index (χ1n) is 18.5. The van der Waals surface area contributed by atoms with Gasteiger partial charge in [-0.25, -0.2) is 0 Å². The van der Waals surface area contributed by atoms with Gasteiger partial charge in [0.2, 0.25) is 11.8 Å². The topological polar surface area (TPSA) is 134 Å². The number of aromatic nitrogens is 3. The predicted octanol–water partition coefficient (Wildman–Crippen LogP) is 6.58. The highest BCUT2D eigenvalue weighted by Crippen LogP contribution is 2.40. The summed E-state index contributed by atoms with van der Waals surface area (Å²) < 4.78 is 8.26. The number of nitrogens with one attached hydrogen (secondary N) is 2. The van der Waals surface area contributed by atoms with Gasteiger partial charge in [-0.2, -0.15) is 0 Å². The highest BCUT2D eigenvalue weighted by atomic mass is 35.5. The van der Waals surface area contributed by atoms with Crippen LogP contribution in [0.1, 0.15) is 76.2 Å². The lowest BCUT2D eigenvalue weighted by atomic mass is 9.95. The maximum atomic E-state index is 13.5. The SMILES string of the molecule is Cc1sc2c(c1C)C(c1ccc(Cl)cc1)=NC(CC(=O)NCc1ccc(COc3ccc4c(c3)N(C)[C@@H](C(C)C)C(=O)N[C@H](CO)C4)cc1)c1nnc(C)n1-2. The Morgan fingerprint density at radius 3 is 2.49 bits per heavy atom. The highest BCUT2D eigenvalue weighted by molar-refractivity contribution is 7.15. The first-order chi connectivity index (χ1) is 26.4. The van der Waals surface area contributed by atoms with E-state index >= 15 is 0 Å². The van der Waals surface area contributed by atoms with Gasteiger partial charge in [0.25, 0.3) is 0 Å². The van der Waals surface area contributed by atoms with E-state index in [9.17, 15) is 14.7 Å². The molecule has 2 amide bonds. The van der Waals surface area contributed by atoms with Crippen molar-refractivity contribution in [2.24, 2.45) is 10.9 Å². The zero-order chi connectivity index (χ0) is 39.0. The molecule has 0 fully saturated rings. The minimum absolute atomic E-state index is 0.0656. The van der Waals surface area contributed by atoms with Gasteiger partial charge in [-0.05, 0) is 73.6 Å². The number of nitrogens with zero attached hydrogens (tertiary/aromatic N) is 5. The van der Waals surface area contributed by atoms with E-state index in [0.29, 0.717) is 36.2 Å². The molecule has 0 spiro atoms. The minimum Gasteiger partial charge on any atom is -0.489 e. The van der Waals surface area contributed by atoms with Crippen LogP contribution in [-0.4, -0.2) is 63.1 Å². The molecule has 286 valence electrons. The first-order valence-corrected chi connectivity index (χ1v) is 19.7. The molecule has 13 heteroatoms.